The molecule has 1 aliphatic heterocycles. The predicted octanol–water partition coefficient (Wildman–Crippen LogP) is 2.42. The maximum atomic E-state index is 3.58. The lowest BCUT2D eigenvalue weighted by Gasteiger charge is -2.12. The summed E-state index contributed by atoms with van der Waals surface area (Å²) in [7, 11) is 2.18. The summed E-state index contributed by atoms with van der Waals surface area (Å²) < 4.78 is 0. The SMILES string of the molecule is CC1CC1CNCc1ccc2c(c1)CCN2C. The molecule has 2 heteroatoms. The second-order valence-electron chi connectivity index (χ2n) is 5.74. The third-order valence-electron chi connectivity index (χ3n) is 4.28. The highest BCUT2D eigenvalue weighted by Crippen LogP contribution is 2.36. The summed E-state index contributed by atoms with van der Waals surface area (Å²) in [4.78, 5) is 2.35. The Labute approximate surface area is 104 Å². The van der Waals surface area contributed by atoms with Gasteiger partial charge in [-0.3, -0.25) is 0 Å². The summed E-state index contributed by atoms with van der Waals surface area (Å²) >= 11 is 0. The van der Waals surface area contributed by atoms with Crippen LogP contribution in [0, 0.1) is 11.8 Å². The van der Waals surface area contributed by atoms with Crippen molar-refractivity contribution < 1.29 is 0 Å². The van der Waals surface area contributed by atoms with Gasteiger partial charge >= 0.3 is 0 Å². The predicted molar refractivity (Wildman–Crippen MR) is 72.4 cm³/mol. The first-order valence-electron chi connectivity index (χ1n) is 6.77. The standard InChI is InChI=1S/C15H22N2/c1-11-7-14(11)10-16-9-12-3-4-15-13(8-12)5-6-17(15)2/h3-4,8,11,14,16H,5-7,9-10H2,1-2H3. The third kappa shape index (κ3) is 2.32. The van der Waals surface area contributed by atoms with E-state index in [0.717, 1.165) is 18.4 Å². The summed E-state index contributed by atoms with van der Waals surface area (Å²) in [5.74, 6) is 1.90. The molecule has 0 amide bonds. The zero-order chi connectivity index (χ0) is 11.8. The van der Waals surface area contributed by atoms with Crippen LogP contribution in [0.1, 0.15) is 24.5 Å². The first-order valence-corrected chi connectivity index (χ1v) is 6.77. The molecule has 0 radical (unpaired) electrons. The second kappa shape index (κ2) is 4.34. The monoisotopic (exact) mass is 230 g/mol. The number of nitrogens with zero attached hydrogens (tertiary/aromatic N) is 1. The van der Waals surface area contributed by atoms with E-state index in [4.69, 9.17) is 0 Å². The molecule has 1 saturated carbocycles. The van der Waals surface area contributed by atoms with Gasteiger partial charge in [-0.15, -0.1) is 0 Å². The number of hydrogen-bond donors (Lipinski definition) is 1. The third-order valence-corrected chi connectivity index (χ3v) is 4.28. The van der Waals surface area contributed by atoms with Crippen LogP contribution in [-0.4, -0.2) is 20.1 Å². The topological polar surface area (TPSA) is 15.3 Å². The number of hydrogen-bond acceptors (Lipinski definition) is 2. The van der Waals surface area contributed by atoms with Crippen molar-refractivity contribution in [2.24, 2.45) is 11.8 Å². The molecule has 2 nitrogen and oxygen atoms in total. The molecule has 1 aliphatic carbocycles. The average molecular weight is 230 g/mol. The second-order valence-corrected chi connectivity index (χ2v) is 5.74. The van der Waals surface area contributed by atoms with Gasteiger partial charge in [-0.25, -0.2) is 0 Å². The maximum absolute atomic E-state index is 3.58. The van der Waals surface area contributed by atoms with Gasteiger partial charge in [0, 0.05) is 25.8 Å². The van der Waals surface area contributed by atoms with Crippen LogP contribution in [-0.2, 0) is 13.0 Å². The van der Waals surface area contributed by atoms with Gasteiger partial charge in [-0.1, -0.05) is 19.1 Å². The van der Waals surface area contributed by atoms with Crippen molar-refractivity contribution in [3.8, 4) is 0 Å². The van der Waals surface area contributed by atoms with Gasteiger partial charge in [0.05, 0.1) is 0 Å². The molecular formula is C15H22N2. The van der Waals surface area contributed by atoms with Gasteiger partial charge < -0.3 is 10.2 Å². The number of fused-ring (bicyclic) bond motifs is 1. The number of anilines is 1. The Kier molecular flexibility index (Phi) is 2.83. The Hall–Kier alpha value is -1.02. The van der Waals surface area contributed by atoms with Crippen molar-refractivity contribution in [1.82, 2.24) is 5.32 Å². The molecule has 1 N–H and O–H groups in total. The fourth-order valence-corrected chi connectivity index (χ4v) is 2.82. The van der Waals surface area contributed by atoms with E-state index in [-0.39, 0.29) is 0 Å². The molecule has 0 aromatic heterocycles. The van der Waals surface area contributed by atoms with E-state index in [9.17, 15) is 0 Å². The molecule has 0 bridgehead atoms. The Morgan fingerprint density at radius 1 is 1.41 bits per heavy atom. The van der Waals surface area contributed by atoms with Crippen molar-refractivity contribution in [3.05, 3.63) is 29.3 Å². The molecule has 1 heterocycles. The molecule has 3 rings (SSSR count). The van der Waals surface area contributed by atoms with Crippen LogP contribution in [0.3, 0.4) is 0 Å². The lowest BCUT2D eigenvalue weighted by atomic mass is 10.1. The lowest BCUT2D eigenvalue weighted by Crippen LogP contribution is -2.17. The minimum atomic E-state index is 0.940. The quantitative estimate of drug-likeness (QED) is 0.854. The smallest absolute Gasteiger partial charge is 0.0397 e. The van der Waals surface area contributed by atoms with Crippen LogP contribution >= 0.6 is 0 Å². The van der Waals surface area contributed by atoms with Gasteiger partial charge in [0.2, 0.25) is 0 Å². The Bertz CT molecular complexity index is 413. The number of likely N-dealkylation sites (N-methyl/N-ethyl adjacent to an activating group) is 1. The minimum Gasteiger partial charge on any atom is -0.374 e. The van der Waals surface area contributed by atoms with Gasteiger partial charge in [0.25, 0.3) is 0 Å². The van der Waals surface area contributed by atoms with Crippen LogP contribution < -0.4 is 10.2 Å². The molecule has 0 spiro atoms. The summed E-state index contributed by atoms with van der Waals surface area (Å²) in [6.07, 6.45) is 2.63. The highest BCUT2D eigenvalue weighted by molar-refractivity contribution is 5.58. The Balaban J connectivity index is 1.57. The number of rotatable bonds is 4. The molecule has 2 aliphatic rings. The van der Waals surface area contributed by atoms with E-state index < -0.39 is 0 Å². The first kappa shape index (κ1) is 11.1. The van der Waals surface area contributed by atoms with Crippen LogP contribution in [0.4, 0.5) is 5.69 Å². The van der Waals surface area contributed by atoms with Crippen LogP contribution in [0.2, 0.25) is 0 Å². The van der Waals surface area contributed by atoms with Gasteiger partial charge in [-0.2, -0.15) is 0 Å². The largest absolute Gasteiger partial charge is 0.374 e. The van der Waals surface area contributed by atoms with Gasteiger partial charge in [0.15, 0.2) is 0 Å². The van der Waals surface area contributed by atoms with Gasteiger partial charge in [0.1, 0.15) is 0 Å². The molecule has 1 fully saturated rings. The minimum absolute atomic E-state index is 0.940. The van der Waals surface area contributed by atoms with Crippen molar-refractivity contribution in [1.29, 1.82) is 0 Å². The summed E-state index contributed by atoms with van der Waals surface area (Å²) in [6, 6.07) is 6.92. The van der Waals surface area contributed by atoms with Crippen LogP contribution in [0.25, 0.3) is 0 Å². The molecular weight excluding hydrogens is 208 g/mol. The summed E-state index contributed by atoms with van der Waals surface area (Å²) in [5, 5.41) is 3.58. The summed E-state index contributed by atoms with van der Waals surface area (Å²) in [6.45, 7) is 5.74. The summed E-state index contributed by atoms with van der Waals surface area (Å²) in [5.41, 5.74) is 4.38. The van der Waals surface area contributed by atoms with Crippen molar-refractivity contribution in [2.75, 3.05) is 25.0 Å². The molecule has 92 valence electrons. The molecule has 2 unspecified atom stereocenters. The first-order chi connectivity index (χ1) is 8.24. The fraction of sp³-hybridized carbons (Fsp3) is 0.600. The normalized spacial score (nSPS) is 26.1. The van der Waals surface area contributed by atoms with E-state index in [1.165, 1.54) is 42.7 Å². The Morgan fingerprint density at radius 2 is 2.24 bits per heavy atom. The average Bonchev–Trinajstić information content (AvgIpc) is 2.89. The van der Waals surface area contributed by atoms with E-state index in [2.05, 4.69) is 42.4 Å². The zero-order valence-corrected chi connectivity index (χ0v) is 10.9. The molecule has 1 aromatic rings. The molecule has 0 saturated heterocycles. The van der Waals surface area contributed by atoms with Crippen molar-refractivity contribution >= 4 is 5.69 Å². The number of nitrogens with one attached hydrogen (secondary N) is 1. The van der Waals surface area contributed by atoms with E-state index >= 15 is 0 Å². The van der Waals surface area contributed by atoms with E-state index in [1.54, 1.807) is 0 Å². The van der Waals surface area contributed by atoms with E-state index in [0.29, 0.717) is 0 Å². The fourth-order valence-electron chi connectivity index (χ4n) is 2.82. The number of benzene rings is 1. The zero-order valence-electron chi connectivity index (χ0n) is 10.9. The van der Waals surface area contributed by atoms with Crippen LogP contribution in [0.5, 0.6) is 0 Å². The van der Waals surface area contributed by atoms with Crippen molar-refractivity contribution in [2.45, 2.75) is 26.3 Å². The van der Waals surface area contributed by atoms with Crippen LogP contribution in [0.15, 0.2) is 18.2 Å². The van der Waals surface area contributed by atoms with Crippen molar-refractivity contribution in [3.63, 3.8) is 0 Å². The van der Waals surface area contributed by atoms with Gasteiger partial charge in [-0.05, 0) is 48.4 Å². The molecule has 17 heavy (non-hydrogen) atoms. The molecule has 2 atom stereocenters. The molecule has 1 aromatic carbocycles. The highest BCUT2D eigenvalue weighted by Gasteiger charge is 2.31. The van der Waals surface area contributed by atoms with E-state index in [1.807, 2.05) is 0 Å². The highest BCUT2D eigenvalue weighted by atomic mass is 15.1. The Morgan fingerprint density at radius 3 is 3.00 bits per heavy atom. The maximum Gasteiger partial charge on any atom is 0.0397 e. The lowest BCUT2D eigenvalue weighted by molar-refractivity contribution is 0.612.